The summed E-state index contributed by atoms with van der Waals surface area (Å²) >= 11 is 0. The average molecular weight is 529 g/mol. The van der Waals surface area contributed by atoms with Gasteiger partial charge in [0.2, 0.25) is 0 Å². The maximum absolute atomic E-state index is 12.2. The minimum absolute atomic E-state index is 0. The first-order chi connectivity index (χ1) is 13.7. The Morgan fingerprint density at radius 2 is 1.83 bits per heavy atom. The minimum atomic E-state index is -0.914. The van der Waals surface area contributed by atoms with Gasteiger partial charge in [0, 0.05) is 35.4 Å². The van der Waals surface area contributed by atoms with Crippen LogP contribution in [0.25, 0.3) is 0 Å². The third-order valence-corrected chi connectivity index (χ3v) is 5.47. The Morgan fingerprint density at radius 1 is 1.10 bits per heavy atom. The summed E-state index contributed by atoms with van der Waals surface area (Å²) in [6.45, 7) is 4.32. The number of halogens is 1. The molecule has 1 heterocycles. The number of para-hydroxylation sites is 2. The second kappa shape index (κ2) is 12.7. The second-order valence-electron chi connectivity index (χ2n) is 6.42. The van der Waals surface area contributed by atoms with E-state index < -0.39 is 10.8 Å². The van der Waals surface area contributed by atoms with Gasteiger partial charge in [-0.3, -0.25) is 4.21 Å². The number of rotatable bonds is 8. The van der Waals surface area contributed by atoms with E-state index in [4.69, 9.17) is 9.47 Å². The Bertz CT molecular complexity index is 805. The van der Waals surface area contributed by atoms with Gasteiger partial charge in [-0.1, -0.05) is 42.5 Å². The van der Waals surface area contributed by atoms with Crippen LogP contribution in [0.4, 0.5) is 0 Å². The van der Waals surface area contributed by atoms with Crippen molar-refractivity contribution in [2.45, 2.75) is 18.8 Å². The van der Waals surface area contributed by atoms with Crippen LogP contribution in [0.2, 0.25) is 0 Å². The van der Waals surface area contributed by atoms with E-state index in [-0.39, 0.29) is 30.1 Å². The van der Waals surface area contributed by atoms with Gasteiger partial charge in [-0.05, 0) is 24.6 Å². The number of ether oxygens (including phenoxy) is 2. The molecule has 2 N–H and O–H groups in total. The first kappa shape index (κ1) is 23.5. The van der Waals surface area contributed by atoms with Crippen molar-refractivity contribution in [3.05, 3.63) is 60.2 Å². The van der Waals surface area contributed by atoms with E-state index in [0.29, 0.717) is 37.2 Å². The first-order valence-corrected chi connectivity index (χ1v) is 11.0. The van der Waals surface area contributed by atoms with Gasteiger partial charge in [0.1, 0.15) is 6.61 Å². The predicted molar refractivity (Wildman–Crippen MR) is 129 cm³/mol. The molecular formula is C21H28IN3O3S. The Hall–Kier alpha value is -1.81. The number of hydrogen-bond acceptors (Lipinski definition) is 4. The molecule has 2 unspecified atom stereocenters. The molecule has 3 rings (SSSR count). The Balaban J connectivity index is 0.00000300. The molecule has 8 heteroatoms. The van der Waals surface area contributed by atoms with Crippen LogP contribution in [0.3, 0.4) is 0 Å². The van der Waals surface area contributed by atoms with Gasteiger partial charge in [-0.2, -0.15) is 0 Å². The van der Waals surface area contributed by atoms with Gasteiger partial charge in [0.05, 0.1) is 6.54 Å². The van der Waals surface area contributed by atoms with Crippen LogP contribution >= 0.6 is 24.0 Å². The third-order valence-electron chi connectivity index (χ3n) is 4.16. The quantitative estimate of drug-likeness (QED) is 0.313. The molecule has 0 saturated heterocycles. The van der Waals surface area contributed by atoms with Crippen molar-refractivity contribution in [2.75, 3.05) is 32.0 Å². The van der Waals surface area contributed by atoms with E-state index >= 15 is 0 Å². The molecule has 0 amide bonds. The lowest BCUT2D eigenvalue weighted by molar-refractivity contribution is 0.0971. The second-order valence-corrected chi connectivity index (χ2v) is 7.99. The standard InChI is InChI=1S/C21H27N3O3S.HI/c1-2-22-21(23-12-13-28(25)16-17-8-4-3-5-9-17)24-14-18-15-26-19-10-6-7-11-20(19)27-18;/h3-11,18H,2,12-16H2,1H3,(H2,22,23,24);1H. The number of hydrogen-bond donors (Lipinski definition) is 2. The Morgan fingerprint density at radius 3 is 2.59 bits per heavy atom. The molecule has 0 bridgehead atoms. The molecular weight excluding hydrogens is 501 g/mol. The predicted octanol–water partition coefficient (Wildman–Crippen LogP) is 2.95. The van der Waals surface area contributed by atoms with Crippen LogP contribution in [0.5, 0.6) is 11.5 Å². The zero-order chi connectivity index (χ0) is 19.6. The molecule has 0 aromatic heterocycles. The Kier molecular flexibility index (Phi) is 10.3. The molecule has 2 atom stereocenters. The maximum atomic E-state index is 12.2. The smallest absolute Gasteiger partial charge is 0.191 e. The van der Waals surface area contributed by atoms with E-state index in [1.807, 2.05) is 61.5 Å². The highest BCUT2D eigenvalue weighted by atomic mass is 127. The number of nitrogens with one attached hydrogen (secondary N) is 2. The van der Waals surface area contributed by atoms with Gasteiger partial charge in [0.25, 0.3) is 0 Å². The fraction of sp³-hybridized carbons (Fsp3) is 0.381. The van der Waals surface area contributed by atoms with Crippen molar-refractivity contribution in [1.82, 2.24) is 10.6 Å². The summed E-state index contributed by atoms with van der Waals surface area (Å²) in [5.41, 5.74) is 1.09. The summed E-state index contributed by atoms with van der Waals surface area (Å²) in [4.78, 5) is 4.58. The van der Waals surface area contributed by atoms with Crippen LogP contribution in [0.15, 0.2) is 59.6 Å². The highest BCUT2D eigenvalue weighted by molar-refractivity contribution is 14.0. The molecule has 1 aliphatic rings. The lowest BCUT2D eigenvalue weighted by Crippen LogP contribution is -2.40. The number of nitrogens with zero attached hydrogens (tertiary/aromatic N) is 1. The normalized spacial score (nSPS) is 16.4. The van der Waals surface area contributed by atoms with E-state index in [0.717, 1.165) is 23.6 Å². The molecule has 158 valence electrons. The van der Waals surface area contributed by atoms with Crippen molar-refractivity contribution in [3.63, 3.8) is 0 Å². The van der Waals surface area contributed by atoms with E-state index in [9.17, 15) is 4.21 Å². The summed E-state index contributed by atoms with van der Waals surface area (Å²) in [5, 5.41) is 6.45. The van der Waals surface area contributed by atoms with Gasteiger partial charge in [-0.15, -0.1) is 24.0 Å². The molecule has 0 spiro atoms. The molecule has 1 aliphatic heterocycles. The van der Waals surface area contributed by atoms with Crippen molar-refractivity contribution < 1.29 is 13.7 Å². The summed E-state index contributed by atoms with van der Waals surface area (Å²) in [6.07, 6.45) is -0.127. The molecule has 2 aromatic rings. The van der Waals surface area contributed by atoms with Crippen molar-refractivity contribution in [2.24, 2.45) is 4.99 Å². The lowest BCUT2D eigenvalue weighted by atomic mass is 10.2. The number of guanidine groups is 1. The number of fused-ring (bicyclic) bond motifs is 1. The SMILES string of the molecule is CCNC(=NCC1COc2ccccc2O1)NCCS(=O)Cc1ccccc1.I. The zero-order valence-corrected chi connectivity index (χ0v) is 19.7. The summed E-state index contributed by atoms with van der Waals surface area (Å²) in [7, 11) is -0.914. The summed E-state index contributed by atoms with van der Waals surface area (Å²) in [6, 6.07) is 17.6. The maximum Gasteiger partial charge on any atom is 0.191 e. The van der Waals surface area contributed by atoms with Crippen LogP contribution in [0, 0.1) is 0 Å². The molecule has 2 aromatic carbocycles. The van der Waals surface area contributed by atoms with Gasteiger partial charge in [-0.25, -0.2) is 4.99 Å². The van der Waals surface area contributed by atoms with Crippen LogP contribution in [-0.2, 0) is 16.6 Å². The molecule has 6 nitrogen and oxygen atoms in total. The first-order valence-electron chi connectivity index (χ1n) is 9.54. The fourth-order valence-corrected chi connectivity index (χ4v) is 3.84. The lowest BCUT2D eigenvalue weighted by Gasteiger charge is -2.25. The third kappa shape index (κ3) is 7.85. The average Bonchev–Trinajstić information content (AvgIpc) is 2.72. The zero-order valence-electron chi connectivity index (χ0n) is 16.5. The van der Waals surface area contributed by atoms with Crippen LogP contribution in [-0.4, -0.2) is 48.3 Å². The topological polar surface area (TPSA) is 72.0 Å². The Labute approximate surface area is 192 Å². The molecule has 0 aliphatic carbocycles. The van der Waals surface area contributed by atoms with Gasteiger partial charge in [0.15, 0.2) is 23.6 Å². The van der Waals surface area contributed by atoms with Gasteiger partial charge >= 0.3 is 0 Å². The highest BCUT2D eigenvalue weighted by Crippen LogP contribution is 2.30. The molecule has 0 fully saturated rings. The number of aliphatic imine (C=N–C) groups is 1. The molecule has 0 radical (unpaired) electrons. The van der Waals surface area contributed by atoms with Crippen molar-refractivity contribution >= 4 is 40.7 Å². The van der Waals surface area contributed by atoms with Crippen LogP contribution in [0.1, 0.15) is 12.5 Å². The van der Waals surface area contributed by atoms with E-state index in [1.54, 1.807) is 0 Å². The van der Waals surface area contributed by atoms with Gasteiger partial charge < -0.3 is 20.1 Å². The largest absolute Gasteiger partial charge is 0.486 e. The highest BCUT2D eigenvalue weighted by Gasteiger charge is 2.20. The summed E-state index contributed by atoms with van der Waals surface area (Å²) in [5.74, 6) is 3.36. The molecule has 0 saturated carbocycles. The van der Waals surface area contributed by atoms with E-state index in [1.165, 1.54) is 0 Å². The number of benzene rings is 2. The monoisotopic (exact) mass is 529 g/mol. The summed E-state index contributed by atoms with van der Waals surface area (Å²) < 4.78 is 23.9. The van der Waals surface area contributed by atoms with Crippen molar-refractivity contribution in [3.8, 4) is 11.5 Å². The molecule has 29 heavy (non-hydrogen) atoms. The van der Waals surface area contributed by atoms with Crippen LogP contribution < -0.4 is 20.1 Å². The van der Waals surface area contributed by atoms with Crippen molar-refractivity contribution in [1.29, 1.82) is 0 Å². The fourth-order valence-electron chi connectivity index (χ4n) is 2.80. The minimum Gasteiger partial charge on any atom is -0.486 e. The van der Waals surface area contributed by atoms with E-state index in [2.05, 4.69) is 15.6 Å².